The first-order valence-electron chi connectivity index (χ1n) is 9.17. The lowest BCUT2D eigenvalue weighted by Gasteiger charge is -2.09. The number of methoxy groups -OCH3 is 1. The fourth-order valence-corrected chi connectivity index (χ4v) is 2.60. The van der Waals surface area contributed by atoms with Gasteiger partial charge in [0.25, 0.3) is 0 Å². The number of benzene rings is 2. The van der Waals surface area contributed by atoms with E-state index in [1.807, 2.05) is 62.4 Å². The molecule has 7 heteroatoms. The standard InChI is InChI=1S/C21H24N4O3/c1-4-19(26)22-17-6-5-7-18(14-17)25-20(16-10-8-15(2)9-11-16)23-21(24-25)28-13-12-27-3/h5-11,14H,4,12-13H2,1-3H3,(H,22,26). The molecule has 0 spiro atoms. The van der Waals surface area contributed by atoms with Crippen LogP contribution in [0, 0.1) is 6.92 Å². The quantitative estimate of drug-likeness (QED) is 0.604. The smallest absolute Gasteiger partial charge is 0.336 e. The van der Waals surface area contributed by atoms with Gasteiger partial charge < -0.3 is 14.8 Å². The Morgan fingerprint density at radius 2 is 1.93 bits per heavy atom. The summed E-state index contributed by atoms with van der Waals surface area (Å²) in [5.41, 5.74) is 3.56. The van der Waals surface area contributed by atoms with Crippen molar-refractivity contribution in [3.05, 3.63) is 54.1 Å². The number of aryl methyl sites for hydroxylation is 1. The number of anilines is 1. The van der Waals surface area contributed by atoms with Gasteiger partial charge >= 0.3 is 6.01 Å². The maximum atomic E-state index is 11.7. The topological polar surface area (TPSA) is 78.3 Å². The average Bonchev–Trinajstić information content (AvgIpc) is 3.13. The van der Waals surface area contributed by atoms with Gasteiger partial charge in [-0.1, -0.05) is 42.8 Å². The summed E-state index contributed by atoms with van der Waals surface area (Å²) in [6.45, 7) is 4.66. The molecule has 0 saturated carbocycles. The summed E-state index contributed by atoms with van der Waals surface area (Å²) in [5.74, 6) is 0.615. The third kappa shape index (κ3) is 4.75. The Morgan fingerprint density at radius 1 is 1.14 bits per heavy atom. The molecule has 0 aliphatic rings. The zero-order valence-electron chi connectivity index (χ0n) is 16.3. The van der Waals surface area contributed by atoms with E-state index in [0.717, 1.165) is 16.8 Å². The molecule has 7 nitrogen and oxygen atoms in total. The zero-order chi connectivity index (χ0) is 19.9. The Morgan fingerprint density at radius 3 is 2.64 bits per heavy atom. The molecule has 0 aliphatic carbocycles. The fraction of sp³-hybridized carbons (Fsp3) is 0.286. The number of hydrogen-bond acceptors (Lipinski definition) is 5. The van der Waals surface area contributed by atoms with E-state index >= 15 is 0 Å². The van der Waals surface area contributed by atoms with Gasteiger partial charge in [-0.25, -0.2) is 4.68 Å². The molecule has 3 aromatic rings. The largest absolute Gasteiger partial charge is 0.460 e. The summed E-state index contributed by atoms with van der Waals surface area (Å²) in [6, 6.07) is 15.8. The van der Waals surface area contributed by atoms with E-state index < -0.39 is 0 Å². The number of ether oxygens (including phenoxy) is 2. The lowest BCUT2D eigenvalue weighted by molar-refractivity contribution is -0.115. The van der Waals surface area contributed by atoms with E-state index in [2.05, 4.69) is 15.4 Å². The Bertz CT molecular complexity index is 935. The van der Waals surface area contributed by atoms with Crippen molar-refractivity contribution in [1.29, 1.82) is 0 Å². The van der Waals surface area contributed by atoms with Gasteiger partial charge in [0.05, 0.1) is 12.3 Å². The Kier molecular flexibility index (Phi) is 6.39. The normalized spacial score (nSPS) is 10.7. The second-order valence-corrected chi connectivity index (χ2v) is 6.29. The lowest BCUT2D eigenvalue weighted by atomic mass is 10.1. The summed E-state index contributed by atoms with van der Waals surface area (Å²) >= 11 is 0. The van der Waals surface area contributed by atoms with Crippen molar-refractivity contribution in [2.45, 2.75) is 20.3 Å². The second kappa shape index (κ2) is 9.14. The van der Waals surface area contributed by atoms with Gasteiger partial charge in [-0.2, -0.15) is 4.98 Å². The summed E-state index contributed by atoms with van der Waals surface area (Å²) in [4.78, 5) is 16.3. The highest BCUT2D eigenvalue weighted by atomic mass is 16.5. The average molecular weight is 380 g/mol. The molecule has 0 bridgehead atoms. The maximum Gasteiger partial charge on any atom is 0.336 e. The summed E-state index contributed by atoms with van der Waals surface area (Å²) in [5, 5.41) is 7.38. The molecule has 0 fully saturated rings. The van der Waals surface area contributed by atoms with Gasteiger partial charge in [0.2, 0.25) is 5.91 Å². The van der Waals surface area contributed by atoms with Crippen LogP contribution in [0.3, 0.4) is 0 Å². The van der Waals surface area contributed by atoms with Crippen molar-refractivity contribution < 1.29 is 14.3 Å². The van der Waals surface area contributed by atoms with Crippen molar-refractivity contribution in [2.24, 2.45) is 0 Å². The van der Waals surface area contributed by atoms with E-state index in [0.29, 0.717) is 31.1 Å². The number of nitrogens with zero attached hydrogens (tertiary/aromatic N) is 3. The molecule has 0 unspecified atom stereocenters. The highest BCUT2D eigenvalue weighted by Crippen LogP contribution is 2.25. The molecule has 146 valence electrons. The molecule has 28 heavy (non-hydrogen) atoms. The van der Waals surface area contributed by atoms with E-state index in [9.17, 15) is 4.79 Å². The van der Waals surface area contributed by atoms with Crippen LogP contribution in [0.4, 0.5) is 5.69 Å². The van der Waals surface area contributed by atoms with Crippen LogP contribution in [0.25, 0.3) is 17.1 Å². The third-order valence-electron chi connectivity index (χ3n) is 4.11. The van der Waals surface area contributed by atoms with Gasteiger partial charge in [0.1, 0.15) is 6.61 Å². The van der Waals surface area contributed by atoms with E-state index in [4.69, 9.17) is 9.47 Å². The predicted molar refractivity (Wildman–Crippen MR) is 108 cm³/mol. The minimum absolute atomic E-state index is 0.0434. The number of hydrogen-bond donors (Lipinski definition) is 1. The Balaban J connectivity index is 1.99. The van der Waals surface area contributed by atoms with Crippen LogP contribution in [0.15, 0.2) is 48.5 Å². The SMILES string of the molecule is CCC(=O)Nc1cccc(-n2nc(OCCOC)nc2-c2ccc(C)cc2)c1. The van der Waals surface area contributed by atoms with Crippen molar-refractivity contribution in [3.8, 4) is 23.1 Å². The van der Waals surface area contributed by atoms with Gasteiger partial charge in [-0.05, 0) is 25.1 Å². The van der Waals surface area contributed by atoms with Crippen LogP contribution in [0.5, 0.6) is 6.01 Å². The van der Waals surface area contributed by atoms with Crippen molar-refractivity contribution >= 4 is 11.6 Å². The lowest BCUT2D eigenvalue weighted by Crippen LogP contribution is -2.10. The molecule has 2 aromatic carbocycles. The maximum absolute atomic E-state index is 11.7. The van der Waals surface area contributed by atoms with Gasteiger partial charge in [-0.3, -0.25) is 4.79 Å². The zero-order valence-corrected chi connectivity index (χ0v) is 16.3. The molecule has 1 N–H and O–H groups in total. The summed E-state index contributed by atoms with van der Waals surface area (Å²) < 4.78 is 12.3. The van der Waals surface area contributed by atoms with Gasteiger partial charge in [-0.15, -0.1) is 5.10 Å². The van der Waals surface area contributed by atoms with Crippen molar-refractivity contribution in [3.63, 3.8) is 0 Å². The number of nitrogens with one attached hydrogen (secondary N) is 1. The first-order valence-corrected chi connectivity index (χ1v) is 9.17. The molecule has 0 atom stereocenters. The first kappa shape index (κ1) is 19.6. The number of amides is 1. The Labute approximate surface area is 164 Å². The molecule has 1 amide bonds. The molecular formula is C21H24N4O3. The molecule has 1 aromatic heterocycles. The molecule has 3 rings (SSSR count). The molecular weight excluding hydrogens is 356 g/mol. The summed E-state index contributed by atoms with van der Waals surface area (Å²) in [6.07, 6.45) is 0.416. The number of carbonyl (C=O) groups excluding carboxylic acids is 1. The molecule has 0 aliphatic heterocycles. The number of rotatable bonds is 8. The molecule has 1 heterocycles. The second-order valence-electron chi connectivity index (χ2n) is 6.29. The van der Waals surface area contributed by atoms with Crippen LogP contribution in [0.2, 0.25) is 0 Å². The van der Waals surface area contributed by atoms with Crippen LogP contribution < -0.4 is 10.1 Å². The van der Waals surface area contributed by atoms with Crippen LogP contribution in [-0.2, 0) is 9.53 Å². The first-order chi connectivity index (χ1) is 13.6. The van der Waals surface area contributed by atoms with Gasteiger partial charge in [0, 0.05) is 24.8 Å². The minimum Gasteiger partial charge on any atom is -0.460 e. The molecule has 0 radical (unpaired) electrons. The van der Waals surface area contributed by atoms with Crippen molar-refractivity contribution in [1.82, 2.24) is 14.8 Å². The van der Waals surface area contributed by atoms with Crippen LogP contribution >= 0.6 is 0 Å². The summed E-state index contributed by atoms with van der Waals surface area (Å²) in [7, 11) is 1.61. The monoisotopic (exact) mass is 380 g/mol. The van der Waals surface area contributed by atoms with Crippen LogP contribution in [0.1, 0.15) is 18.9 Å². The fourth-order valence-electron chi connectivity index (χ4n) is 2.60. The third-order valence-corrected chi connectivity index (χ3v) is 4.11. The van der Waals surface area contributed by atoms with E-state index in [1.165, 1.54) is 0 Å². The molecule has 0 saturated heterocycles. The van der Waals surface area contributed by atoms with Gasteiger partial charge in [0.15, 0.2) is 5.82 Å². The predicted octanol–water partition coefficient (Wildman–Crippen LogP) is 3.62. The van der Waals surface area contributed by atoms with E-state index in [-0.39, 0.29) is 11.9 Å². The van der Waals surface area contributed by atoms with Crippen molar-refractivity contribution in [2.75, 3.05) is 25.6 Å². The Hall–Kier alpha value is -3.19. The van der Waals surface area contributed by atoms with E-state index in [1.54, 1.807) is 11.8 Å². The van der Waals surface area contributed by atoms with Crippen LogP contribution in [-0.4, -0.2) is 41.0 Å². The highest BCUT2D eigenvalue weighted by Gasteiger charge is 2.15. The minimum atomic E-state index is -0.0434. The highest BCUT2D eigenvalue weighted by molar-refractivity contribution is 5.90. The number of carbonyl (C=O) groups is 1. The number of aromatic nitrogens is 3.